The number of hydrogen-bond donors (Lipinski definition) is 3. The number of nitrogens with one attached hydrogen (secondary N) is 3. The standard InChI is InChI=1S/C18H20N6O3S3/c1-4-9-24-15(21-22-18(24)28)14-11(3)19-17(29-14)20-16(25)12-7-6-8-13(10-12)23-30(26,27)5-2/h4,6-8,10,23H,1,5,9H2,2-3H3,(H,22,28)(H,19,20,25). The molecule has 1 amide bonds. The number of anilines is 2. The minimum absolute atomic E-state index is 0.0599. The second-order valence-corrected chi connectivity index (χ2v) is 9.62. The van der Waals surface area contributed by atoms with Crippen LogP contribution in [-0.4, -0.2) is 39.8 Å². The maximum atomic E-state index is 12.7. The van der Waals surface area contributed by atoms with Crippen LogP contribution < -0.4 is 10.0 Å². The summed E-state index contributed by atoms with van der Waals surface area (Å²) in [7, 11) is -3.43. The van der Waals surface area contributed by atoms with Gasteiger partial charge in [0.25, 0.3) is 5.91 Å². The monoisotopic (exact) mass is 464 g/mol. The van der Waals surface area contributed by atoms with E-state index in [4.69, 9.17) is 12.2 Å². The Morgan fingerprint density at radius 3 is 2.90 bits per heavy atom. The summed E-state index contributed by atoms with van der Waals surface area (Å²) in [6.07, 6.45) is 1.72. The Hall–Kier alpha value is -2.83. The molecule has 30 heavy (non-hydrogen) atoms. The average molecular weight is 465 g/mol. The first-order valence-electron chi connectivity index (χ1n) is 8.90. The highest BCUT2D eigenvalue weighted by Gasteiger charge is 2.18. The Bertz CT molecular complexity index is 1260. The van der Waals surface area contributed by atoms with Crippen LogP contribution in [0.25, 0.3) is 10.7 Å². The van der Waals surface area contributed by atoms with Gasteiger partial charge in [0, 0.05) is 17.8 Å². The van der Waals surface area contributed by atoms with E-state index in [2.05, 4.69) is 31.8 Å². The van der Waals surface area contributed by atoms with Crippen molar-refractivity contribution in [3.8, 4) is 10.7 Å². The smallest absolute Gasteiger partial charge is 0.257 e. The van der Waals surface area contributed by atoms with Crippen LogP contribution >= 0.6 is 23.6 Å². The molecular weight excluding hydrogens is 444 g/mol. The van der Waals surface area contributed by atoms with Gasteiger partial charge in [-0.1, -0.05) is 23.5 Å². The lowest BCUT2D eigenvalue weighted by atomic mass is 10.2. The minimum atomic E-state index is -3.43. The quantitative estimate of drug-likeness (QED) is 0.346. The lowest BCUT2D eigenvalue weighted by Gasteiger charge is -2.07. The fourth-order valence-electron chi connectivity index (χ4n) is 2.59. The molecule has 3 N–H and O–H groups in total. The van der Waals surface area contributed by atoms with Gasteiger partial charge in [-0.3, -0.25) is 24.5 Å². The molecule has 12 heteroatoms. The highest BCUT2D eigenvalue weighted by Crippen LogP contribution is 2.32. The van der Waals surface area contributed by atoms with Gasteiger partial charge in [0.1, 0.15) is 0 Å². The summed E-state index contributed by atoms with van der Waals surface area (Å²) in [6.45, 7) is 7.57. The molecular formula is C18H20N6O3S3. The molecule has 3 aromatic rings. The highest BCUT2D eigenvalue weighted by molar-refractivity contribution is 7.92. The Kier molecular flexibility index (Phi) is 6.48. The zero-order valence-electron chi connectivity index (χ0n) is 16.3. The van der Waals surface area contributed by atoms with Crippen LogP contribution in [0.15, 0.2) is 36.9 Å². The number of nitrogens with zero attached hydrogens (tertiary/aromatic N) is 3. The van der Waals surface area contributed by atoms with Gasteiger partial charge in [0.15, 0.2) is 15.7 Å². The molecule has 2 aromatic heterocycles. The van der Waals surface area contributed by atoms with Crippen LogP contribution in [0.4, 0.5) is 10.8 Å². The van der Waals surface area contributed by atoms with Gasteiger partial charge in [-0.25, -0.2) is 13.4 Å². The van der Waals surface area contributed by atoms with Gasteiger partial charge >= 0.3 is 0 Å². The number of H-pyrrole nitrogens is 1. The van der Waals surface area contributed by atoms with Gasteiger partial charge in [-0.05, 0) is 44.3 Å². The van der Waals surface area contributed by atoms with E-state index >= 15 is 0 Å². The van der Waals surface area contributed by atoms with Crippen molar-refractivity contribution < 1.29 is 13.2 Å². The van der Waals surface area contributed by atoms with Crippen molar-refractivity contribution in [2.45, 2.75) is 20.4 Å². The van der Waals surface area contributed by atoms with Gasteiger partial charge in [0.05, 0.1) is 16.3 Å². The topological polar surface area (TPSA) is 122 Å². The third-order valence-electron chi connectivity index (χ3n) is 4.07. The number of aromatic amines is 1. The number of allylic oxidation sites excluding steroid dienone is 1. The lowest BCUT2D eigenvalue weighted by molar-refractivity contribution is 0.102. The Labute approximate surface area is 182 Å². The number of sulfonamides is 1. The summed E-state index contributed by atoms with van der Waals surface area (Å²) < 4.78 is 28.2. The Balaban J connectivity index is 1.83. The molecule has 0 saturated heterocycles. The fourth-order valence-corrected chi connectivity index (χ4v) is 4.39. The lowest BCUT2D eigenvalue weighted by Crippen LogP contribution is -2.16. The molecule has 0 aliphatic carbocycles. The molecule has 0 aliphatic heterocycles. The number of thiazole rings is 1. The molecule has 0 atom stereocenters. The van der Waals surface area contributed by atoms with Crippen molar-refractivity contribution in [3.05, 3.63) is 52.9 Å². The van der Waals surface area contributed by atoms with Crippen LogP contribution in [-0.2, 0) is 16.6 Å². The van der Waals surface area contributed by atoms with Gasteiger partial charge in [0.2, 0.25) is 10.0 Å². The molecule has 0 aliphatic rings. The molecule has 0 unspecified atom stereocenters. The van der Waals surface area contributed by atoms with Crippen molar-refractivity contribution >= 4 is 50.3 Å². The maximum absolute atomic E-state index is 12.7. The molecule has 0 saturated carbocycles. The maximum Gasteiger partial charge on any atom is 0.257 e. The number of rotatable bonds is 8. The predicted molar refractivity (Wildman–Crippen MR) is 121 cm³/mol. The number of hydrogen-bond acceptors (Lipinski definition) is 7. The van der Waals surface area contributed by atoms with Gasteiger partial charge in [-0.15, -0.1) is 6.58 Å². The second-order valence-electron chi connectivity index (χ2n) is 6.23. The zero-order chi connectivity index (χ0) is 21.9. The van der Waals surface area contributed by atoms with E-state index in [0.717, 1.165) is 4.88 Å². The second kappa shape index (κ2) is 8.90. The molecule has 0 fully saturated rings. The summed E-state index contributed by atoms with van der Waals surface area (Å²) in [5.41, 5.74) is 1.31. The fraction of sp³-hybridized carbons (Fsp3) is 0.222. The number of carbonyl (C=O) groups is 1. The molecule has 3 rings (SSSR count). The number of benzene rings is 1. The minimum Gasteiger partial charge on any atom is -0.298 e. The largest absolute Gasteiger partial charge is 0.298 e. The molecule has 1 aromatic carbocycles. The van der Waals surface area contributed by atoms with E-state index in [-0.39, 0.29) is 5.75 Å². The van der Waals surface area contributed by atoms with E-state index in [1.165, 1.54) is 24.3 Å². The predicted octanol–water partition coefficient (Wildman–Crippen LogP) is 3.57. The third kappa shape index (κ3) is 4.83. The Morgan fingerprint density at radius 2 is 2.20 bits per heavy atom. The average Bonchev–Trinajstić information content (AvgIpc) is 3.24. The summed E-state index contributed by atoms with van der Waals surface area (Å²) >= 11 is 6.51. The van der Waals surface area contributed by atoms with Crippen molar-refractivity contribution in [2.24, 2.45) is 0 Å². The molecule has 2 heterocycles. The molecule has 158 valence electrons. The van der Waals surface area contributed by atoms with Crippen LogP contribution in [0.3, 0.4) is 0 Å². The van der Waals surface area contributed by atoms with Crippen molar-refractivity contribution in [1.82, 2.24) is 19.7 Å². The number of aromatic nitrogens is 4. The molecule has 0 spiro atoms. The van der Waals surface area contributed by atoms with Gasteiger partial charge in [-0.2, -0.15) is 5.10 Å². The Morgan fingerprint density at radius 1 is 1.43 bits per heavy atom. The first kappa shape index (κ1) is 21.9. The number of carbonyl (C=O) groups excluding carboxylic acids is 1. The van der Waals surface area contributed by atoms with Crippen LogP contribution in [0, 0.1) is 11.7 Å². The van der Waals surface area contributed by atoms with Crippen LogP contribution in [0.2, 0.25) is 0 Å². The molecule has 0 radical (unpaired) electrons. The summed E-state index contributed by atoms with van der Waals surface area (Å²) in [6, 6.07) is 6.25. The van der Waals surface area contributed by atoms with Crippen LogP contribution in [0.5, 0.6) is 0 Å². The first-order chi connectivity index (χ1) is 14.2. The summed E-state index contributed by atoms with van der Waals surface area (Å²) in [5.74, 6) is 0.152. The van der Waals surface area contributed by atoms with Crippen molar-refractivity contribution in [3.63, 3.8) is 0 Å². The van der Waals surface area contributed by atoms with Crippen molar-refractivity contribution in [1.29, 1.82) is 0 Å². The highest BCUT2D eigenvalue weighted by atomic mass is 32.2. The van der Waals surface area contributed by atoms with Gasteiger partial charge < -0.3 is 0 Å². The van der Waals surface area contributed by atoms with Crippen molar-refractivity contribution in [2.75, 3.05) is 15.8 Å². The van der Waals surface area contributed by atoms with E-state index in [9.17, 15) is 13.2 Å². The molecule has 9 nitrogen and oxygen atoms in total. The van der Waals surface area contributed by atoms with Crippen LogP contribution in [0.1, 0.15) is 23.0 Å². The van der Waals surface area contributed by atoms with E-state index in [0.29, 0.717) is 39.2 Å². The molecule has 0 bridgehead atoms. The first-order valence-corrected chi connectivity index (χ1v) is 11.8. The van der Waals surface area contributed by atoms with E-state index in [1.807, 2.05) is 6.92 Å². The third-order valence-corrected chi connectivity index (χ3v) is 6.76. The summed E-state index contributed by atoms with van der Waals surface area (Å²) in [4.78, 5) is 17.8. The van der Waals surface area contributed by atoms with E-state index < -0.39 is 15.9 Å². The van der Waals surface area contributed by atoms with E-state index in [1.54, 1.807) is 28.8 Å². The number of aryl methyl sites for hydroxylation is 1. The SMILES string of the molecule is C=CCn1c(-c2sc(NC(=O)c3cccc(NS(=O)(=O)CC)c3)nc2C)n[nH]c1=S. The zero-order valence-corrected chi connectivity index (χ0v) is 18.7. The normalized spacial score (nSPS) is 11.3. The number of amides is 1. The summed E-state index contributed by atoms with van der Waals surface area (Å²) in [5, 5.41) is 10.2.